The minimum Gasteiger partial charge on any atom is -0.369 e. The maximum Gasteiger partial charge on any atom is 0.319 e. The molecule has 2 aromatic heterocycles. The van der Waals surface area contributed by atoms with Crippen LogP contribution in [0.25, 0.3) is 11.1 Å². The van der Waals surface area contributed by atoms with Gasteiger partial charge >= 0.3 is 6.03 Å². The molecular formula is C26H26N8O3S. The van der Waals surface area contributed by atoms with Crippen molar-refractivity contribution >= 4 is 39.2 Å². The summed E-state index contributed by atoms with van der Waals surface area (Å²) in [7, 11) is -3.61. The molecule has 0 spiro atoms. The molecule has 0 unspecified atom stereocenters. The van der Waals surface area contributed by atoms with Gasteiger partial charge in [-0.25, -0.2) is 22.9 Å². The lowest BCUT2D eigenvalue weighted by Crippen LogP contribution is -2.28. The maximum atomic E-state index is 12.6. The number of hydrogen-bond acceptors (Lipinski definition) is 8. The Hall–Kier alpha value is -4.55. The Morgan fingerprint density at radius 1 is 1.00 bits per heavy atom. The molecule has 2 aromatic carbocycles. The summed E-state index contributed by atoms with van der Waals surface area (Å²) in [5, 5.41) is 12.0. The number of nitrogens with zero attached hydrogens (tertiary/aromatic N) is 3. The maximum absolute atomic E-state index is 12.6. The predicted octanol–water partition coefficient (Wildman–Crippen LogP) is 3.70. The van der Waals surface area contributed by atoms with E-state index < -0.39 is 10.0 Å². The zero-order valence-corrected chi connectivity index (χ0v) is 21.1. The molecule has 38 heavy (non-hydrogen) atoms. The van der Waals surface area contributed by atoms with Gasteiger partial charge in [0.05, 0.1) is 16.8 Å². The minimum absolute atomic E-state index is 0.177. The van der Waals surface area contributed by atoms with Crippen LogP contribution in [0.2, 0.25) is 0 Å². The number of carbonyl (C=O) groups is 1. The first-order chi connectivity index (χ1) is 18.5. The van der Waals surface area contributed by atoms with E-state index >= 15 is 0 Å². The Morgan fingerprint density at radius 2 is 1.87 bits per heavy atom. The van der Waals surface area contributed by atoms with Gasteiger partial charge in [-0.05, 0) is 47.9 Å². The van der Waals surface area contributed by atoms with Crippen LogP contribution in [0.4, 0.5) is 27.9 Å². The first kappa shape index (κ1) is 25.1. The molecule has 2 amide bonds. The number of benzene rings is 2. The molecule has 11 nitrogen and oxygen atoms in total. The number of anilines is 4. The number of aromatic nitrogens is 3. The van der Waals surface area contributed by atoms with Crippen LogP contribution in [0.1, 0.15) is 12.0 Å². The molecule has 4 aromatic rings. The molecule has 0 radical (unpaired) electrons. The fourth-order valence-electron chi connectivity index (χ4n) is 3.84. The molecule has 1 aliphatic heterocycles. The summed E-state index contributed by atoms with van der Waals surface area (Å²) in [6.45, 7) is 1.15. The molecule has 0 atom stereocenters. The van der Waals surface area contributed by atoms with Crippen LogP contribution in [0.3, 0.4) is 0 Å². The van der Waals surface area contributed by atoms with E-state index in [1.807, 2.05) is 24.3 Å². The summed E-state index contributed by atoms with van der Waals surface area (Å²) in [5.41, 5.74) is 3.80. The summed E-state index contributed by atoms with van der Waals surface area (Å²) in [4.78, 5) is 25.4. The number of rotatable bonds is 4. The van der Waals surface area contributed by atoms with E-state index in [-0.39, 0.29) is 17.5 Å². The van der Waals surface area contributed by atoms with E-state index in [1.165, 1.54) is 0 Å². The number of fused-ring (bicyclic) bond motifs is 4. The molecule has 0 fully saturated rings. The molecule has 3 heterocycles. The lowest BCUT2D eigenvalue weighted by atomic mass is 10.1. The van der Waals surface area contributed by atoms with Gasteiger partial charge in [0, 0.05) is 43.3 Å². The standard InChI is InChI=1S/C26H26N8O3S/c35-26(33-21-5-2-11-27-16-21)30-15-18-7-9-19(10-8-18)23-17-29-25-32-20-4-1-6-22(14-20)38(36,37)31-13-3-12-28-24(23)34-25/h1-2,4-11,14,16-17,31H,3,12-13,15H2,(H2,30,33,35)(H2,28,29,32,34). The molecule has 4 bridgehead atoms. The largest absolute Gasteiger partial charge is 0.369 e. The summed E-state index contributed by atoms with van der Waals surface area (Å²) >= 11 is 0. The fraction of sp³-hybridized carbons (Fsp3) is 0.154. The topological polar surface area (TPSA) is 150 Å². The van der Waals surface area contributed by atoms with Gasteiger partial charge in [-0.15, -0.1) is 0 Å². The number of sulfonamides is 1. The van der Waals surface area contributed by atoms with Crippen molar-refractivity contribution in [1.82, 2.24) is 25.0 Å². The zero-order valence-electron chi connectivity index (χ0n) is 20.3. The number of hydrogen-bond donors (Lipinski definition) is 5. The van der Waals surface area contributed by atoms with Gasteiger partial charge in [-0.3, -0.25) is 4.98 Å². The number of pyridine rings is 1. The van der Waals surface area contributed by atoms with E-state index in [1.54, 1.807) is 55.0 Å². The van der Waals surface area contributed by atoms with Crippen LogP contribution in [0.15, 0.2) is 84.1 Å². The second kappa shape index (κ2) is 11.2. The number of carbonyl (C=O) groups excluding carboxylic acids is 1. The van der Waals surface area contributed by atoms with Crippen LogP contribution in [-0.2, 0) is 16.6 Å². The number of amides is 2. The second-order valence-electron chi connectivity index (χ2n) is 8.53. The van der Waals surface area contributed by atoms with Gasteiger partial charge in [-0.1, -0.05) is 30.3 Å². The Bertz CT molecular complexity index is 1530. The van der Waals surface area contributed by atoms with Gasteiger partial charge < -0.3 is 21.3 Å². The van der Waals surface area contributed by atoms with Crippen molar-refractivity contribution in [2.24, 2.45) is 0 Å². The van der Waals surface area contributed by atoms with Crippen LogP contribution in [0, 0.1) is 0 Å². The SMILES string of the molecule is O=C(NCc1ccc(-c2cnc3nc2NCCCNS(=O)(=O)c2cccc(c2)N3)cc1)Nc1cccnc1. The van der Waals surface area contributed by atoms with Crippen LogP contribution in [0.5, 0.6) is 0 Å². The van der Waals surface area contributed by atoms with E-state index in [2.05, 4.69) is 40.9 Å². The quantitative estimate of drug-likeness (QED) is 0.268. The highest BCUT2D eigenvalue weighted by atomic mass is 32.2. The van der Waals surface area contributed by atoms with Gasteiger partial charge in [-0.2, -0.15) is 4.98 Å². The molecule has 0 aliphatic carbocycles. The van der Waals surface area contributed by atoms with Gasteiger partial charge in [0.2, 0.25) is 16.0 Å². The molecule has 1 aliphatic rings. The summed E-state index contributed by atoms with van der Waals surface area (Å²) in [5.74, 6) is 0.973. The summed E-state index contributed by atoms with van der Waals surface area (Å²) in [6, 6.07) is 17.5. The molecule has 194 valence electrons. The van der Waals surface area contributed by atoms with Crippen LogP contribution < -0.4 is 26.0 Å². The lowest BCUT2D eigenvalue weighted by molar-refractivity contribution is 0.251. The Kier molecular flexibility index (Phi) is 7.43. The third kappa shape index (κ3) is 6.22. The average molecular weight is 531 g/mol. The molecular weight excluding hydrogens is 504 g/mol. The van der Waals surface area contributed by atoms with Crippen molar-refractivity contribution in [3.8, 4) is 11.1 Å². The van der Waals surface area contributed by atoms with Crippen molar-refractivity contribution in [3.63, 3.8) is 0 Å². The third-order valence-corrected chi connectivity index (χ3v) is 7.22. The van der Waals surface area contributed by atoms with Gasteiger partial charge in [0.1, 0.15) is 5.82 Å². The molecule has 12 heteroatoms. The predicted molar refractivity (Wildman–Crippen MR) is 146 cm³/mol. The number of urea groups is 1. The third-order valence-electron chi connectivity index (χ3n) is 5.76. The van der Waals surface area contributed by atoms with Crippen LogP contribution in [-0.4, -0.2) is 42.5 Å². The Morgan fingerprint density at radius 3 is 2.68 bits per heavy atom. The second-order valence-corrected chi connectivity index (χ2v) is 10.3. The van der Waals surface area contributed by atoms with E-state index in [0.29, 0.717) is 42.7 Å². The molecule has 0 saturated heterocycles. The summed E-state index contributed by atoms with van der Waals surface area (Å²) in [6.07, 6.45) is 5.51. The fourth-order valence-corrected chi connectivity index (χ4v) is 4.96. The first-order valence-electron chi connectivity index (χ1n) is 12.0. The number of nitrogens with one attached hydrogen (secondary N) is 5. The van der Waals surface area contributed by atoms with Crippen molar-refractivity contribution in [2.75, 3.05) is 29.0 Å². The lowest BCUT2D eigenvalue weighted by Gasteiger charge is -2.13. The highest BCUT2D eigenvalue weighted by Gasteiger charge is 2.16. The van der Waals surface area contributed by atoms with Crippen LogP contribution >= 0.6 is 0 Å². The molecule has 5 rings (SSSR count). The van der Waals surface area contributed by atoms with E-state index in [9.17, 15) is 13.2 Å². The zero-order chi connectivity index (χ0) is 26.4. The van der Waals surface area contributed by atoms with Crippen molar-refractivity contribution in [3.05, 3.63) is 84.8 Å². The highest BCUT2D eigenvalue weighted by Crippen LogP contribution is 2.28. The van der Waals surface area contributed by atoms with Crippen molar-refractivity contribution in [1.29, 1.82) is 0 Å². The van der Waals surface area contributed by atoms with Gasteiger partial charge in [0.15, 0.2) is 0 Å². The summed E-state index contributed by atoms with van der Waals surface area (Å²) < 4.78 is 27.8. The highest BCUT2D eigenvalue weighted by molar-refractivity contribution is 7.89. The average Bonchev–Trinajstić information content (AvgIpc) is 2.93. The van der Waals surface area contributed by atoms with E-state index in [0.717, 1.165) is 16.7 Å². The molecule has 0 saturated carbocycles. The monoisotopic (exact) mass is 530 g/mol. The van der Waals surface area contributed by atoms with Crippen molar-refractivity contribution in [2.45, 2.75) is 17.9 Å². The van der Waals surface area contributed by atoms with E-state index in [4.69, 9.17) is 0 Å². The Balaban J connectivity index is 1.31. The molecule has 5 N–H and O–H groups in total. The normalized spacial score (nSPS) is 14.4. The minimum atomic E-state index is -3.61. The first-order valence-corrected chi connectivity index (χ1v) is 13.5. The Labute approximate surface area is 220 Å². The van der Waals surface area contributed by atoms with Gasteiger partial charge in [0.25, 0.3) is 0 Å². The van der Waals surface area contributed by atoms with Crippen molar-refractivity contribution < 1.29 is 13.2 Å². The smallest absolute Gasteiger partial charge is 0.319 e.